The Morgan fingerprint density at radius 2 is 1.95 bits per heavy atom. The van der Waals surface area contributed by atoms with Crippen molar-refractivity contribution in [2.45, 2.75) is 46.4 Å². The Labute approximate surface area is 286 Å². The average molecular weight is 808 g/mol. The molecule has 7 nitrogen and oxygen atoms in total. The number of hydrogen-bond donors (Lipinski definition) is 0. The SMILES string of the molecule is CCOC(=O)C1=C(C)N=c2s/c(=C\c3cc(Br)cc(I)c3OCc3cccc(Cl)c3)c(=O)n2[C@@H]1c1ccccc1OC(C)C. The molecule has 0 radical (unpaired) electrons. The normalized spacial score (nSPS) is 14.8. The predicted molar refractivity (Wildman–Crippen MR) is 185 cm³/mol. The molecule has 0 fully saturated rings. The van der Waals surface area contributed by atoms with E-state index in [1.807, 2.05) is 74.5 Å². The molecule has 1 aliphatic rings. The van der Waals surface area contributed by atoms with Crippen molar-refractivity contribution in [3.05, 3.63) is 121 Å². The van der Waals surface area contributed by atoms with Gasteiger partial charge in [0.1, 0.15) is 24.1 Å². The number of thiazole rings is 1. The van der Waals surface area contributed by atoms with E-state index in [0.29, 0.717) is 49.3 Å². The van der Waals surface area contributed by atoms with Gasteiger partial charge in [-0.25, -0.2) is 9.79 Å². The summed E-state index contributed by atoms with van der Waals surface area (Å²) < 4.78 is 21.6. The highest BCUT2D eigenvalue weighted by atomic mass is 127. The van der Waals surface area contributed by atoms with E-state index < -0.39 is 12.0 Å². The summed E-state index contributed by atoms with van der Waals surface area (Å²) in [5.41, 5.74) is 2.82. The number of allylic oxidation sites excluding steroid dienone is 1. The van der Waals surface area contributed by atoms with E-state index in [9.17, 15) is 9.59 Å². The lowest BCUT2D eigenvalue weighted by Gasteiger charge is -2.26. The van der Waals surface area contributed by atoms with Crippen LogP contribution >= 0.6 is 61.5 Å². The first kappa shape index (κ1) is 32.5. The van der Waals surface area contributed by atoms with Gasteiger partial charge in [-0.3, -0.25) is 9.36 Å². The summed E-state index contributed by atoms with van der Waals surface area (Å²) in [7, 11) is 0. The van der Waals surface area contributed by atoms with Gasteiger partial charge < -0.3 is 14.2 Å². The van der Waals surface area contributed by atoms with Crippen LogP contribution in [-0.4, -0.2) is 23.2 Å². The van der Waals surface area contributed by atoms with Crippen molar-refractivity contribution in [2.24, 2.45) is 4.99 Å². The van der Waals surface area contributed by atoms with Crippen LogP contribution in [0.5, 0.6) is 11.5 Å². The Bertz CT molecular complexity index is 1950. The van der Waals surface area contributed by atoms with Crippen LogP contribution in [-0.2, 0) is 16.1 Å². The van der Waals surface area contributed by atoms with Gasteiger partial charge in [-0.2, -0.15) is 0 Å². The molecule has 1 aromatic heterocycles. The molecule has 0 aliphatic carbocycles. The van der Waals surface area contributed by atoms with Crippen LogP contribution in [0.2, 0.25) is 5.02 Å². The van der Waals surface area contributed by atoms with Crippen molar-refractivity contribution in [1.82, 2.24) is 4.57 Å². The molecular weight excluding hydrogens is 779 g/mol. The number of hydrogen-bond acceptors (Lipinski definition) is 7. The third-order valence-electron chi connectivity index (χ3n) is 6.69. The lowest BCUT2D eigenvalue weighted by atomic mass is 9.95. The van der Waals surface area contributed by atoms with E-state index in [1.165, 1.54) is 11.3 Å². The topological polar surface area (TPSA) is 79.1 Å². The number of fused-ring (bicyclic) bond motifs is 1. The second kappa shape index (κ2) is 14.0. The molecule has 11 heteroatoms. The van der Waals surface area contributed by atoms with Crippen LogP contribution in [0.4, 0.5) is 0 Å². The Morgan fingerprint density at radius 3 is 2.68 bits per heavy atom. The molecule has 0 amide bonds. The number of nitrogens with zero attached hydrogens (tertiary/aromatic N) is 2. The van der Waals surface area contributed by atoms with E-state index in [4.69, 9.17) is 30.8 Å². The molecule has 3 aromatic carbocycles. The van der Waals surface area contributed by atoms with Gasteiger partial charge >= 0.3 is 5.97 Å². The summed E-state index contributed by atoms with van der Waals surface area (Å²) in [6, 6.07) is 18.0. The second-order valence-corrected chi connectivity index (χ2v) is 13.8. The number of halogens is 3. The van der Waals surface area contributed by atoms with Crippen LogP contribution < -0.4 is 24.4 Å². The lowest BCUT2D eigenvalue weighted by molar-refractivity contribution is -0.139. The predicted octanol–water partition coefficient (Wildman–Crippen LogP) is 7.19. The van der Waals surface area contributed by atoms with Gasteiger partial charge in [0.15, 0.2) is 4.80 Å². The zero-order valence-corrected chi connectivity index (χ0v) is 29.7. The number of rotatable bonds is 9. The van der Waals surface area contributed by atoms with Crippen LogP contribution in [0.3, 0.4) is 0 Å². The zero-order valence-electron chi connectivity index (χ0n) is 24.4. The molecule has 0 saturated heterocycles. The largest absolute Gasteiger partial charge is 0.491 e. The van der Waals surface area contributed by atoms with Crippen LogP contribution in [0.15, 0.2) is 86.2 Å². The third kappa shape index (κ3) is 6.98. The fraction of sp³-hybridized carbons (Fsp3) is 0.242. The minimum absolute atomic E-state index is 0.118. The molecular formula is C33H29BrClIN2O5S. The Morgan fingerprint density at radius 1 is 1.18 bits per heavy atom. The molecule has 1 atom stereocenters. The number of aromatic nitrogens is 1. The number of benzene rings is 3. The fourth-order valence-electron chi connectivity index (χ4n) is 4.92. The van der Waals surface area contributed by atoms with E-state index in [0.717, 1.165) is 19.2 Å². The zero-order chi connectivity index (χ0) is 31.5. The molecule has 0 N–H and O–H groups in total. The molecule has 5 rings (SSSR count). The number of para-hydroxylation sites is 1. The summed E-state index contributed by atoms with van der Waals surface area (Å²) in [5.74, 6) is 0.692. The number of carbonyl (C=O) groups excluding carboxylic acids is 1. The van der Waals surface area contributed by atoms with E-state index >= 15 is 0 Å². The van der Waals surface area contributed by atoms with Crippen molar-refractivity contribution in [3.8, 4) is 11.5 Å². The number of esters is 1. The Hall–Kier alpha value is -2.93. The smallest absolute Gasteiger partial charge is 0.338 e. The molecule has 4 aromatic rings. The highest BCUT2D eigenvalue weighted by Gasteiger charge is 2.35. The van der Waals surface area contributed by atoms with Gasteiger partial charge in [-0.05, 0) is 92.3 Å². The van der Waals surface area contributed by atoms with Crippen LogP contribution in [0.1, 0.15) is 50.4 Å². The first-order valence-electron chi connectivity index (χ1n) is 13.9. The van der Waals surface area contributed by atoms with Crippen molar-refractivity contribution in [1.29, 1.82) is 0 Å². The Balaban J connectivity index is 1.68. The maximum Gasteiger partial charge on any atom is 0.338 e. The standard InChI is InChI=1S/C33H29BrClIN2O5S/c1-5-41-32(40)28-19(4)37-33-38(29(28)24-11-6-7-12-26(24)43-18(2)3)31(39)27(44-33)15-21-14-22(34)16-25(36)30(21)42-17-20-9-8-10-23(35)13-20/h6-16,18,29H,5,17H2,1-4H3/b27-15-/t29-/m1/s1. The van der Waals surface area contributed by atoms with Gasteiger partial charge in [0.2, 0.25) is 0 Å². The molecule has 1 aliphatic heterocycles. The van der Waals surface area contributed by atoms with Gasteiger partial charge in [0.05, 0.1) is 32.1 Å². The van der Waals surface area contributed by atoms with Crippen molar-refractivity contribution < 1.29 is 19.0 Å². The third-order valence-corrected chi connectivity index (χ3v) is 9.17. The molecule has 2 heterocycles. The minimum atomic E-state index is -0.788. The summed E-state index contributed by atoms with van der Waals surface area (Å²) in [6.07, 6.45) is 1.69. The van der Waals surface area contributed by atoms with E-state index in [-0.39, 0.29) is 18.3 Å². The highest BCUT2D eigenvalue weighted by Crippen LogP contribution is 2.36. The van der Waals surface area contributed by atoms with Crippen molar-refractivity contribution in [3.63, 3.8) is 0 Å². The van der Waals surface area contributed by atoms with Gasteiger partial charge in [-0.1, -0.05) is 69.2 Å². The van der Waals surface area contributed by atoms with Crippen LogP contribution in [0.25, 0.3) is 6.08 Å². The van der Waals surface area contributed by atoms with Gasteiger partial charge in [0, 0.05) is 20.6 Å². The first-order chi connectivity index (χ1) is 21.1. The lowest BCUT2D eigenvalue weighted by Crippen LogP contribution is -2.40. The first-order valence-corrected chi connectivity index (χ1v) is 17.0. The second-order valence-electron chi connectivity index (χ2n) is 10.2. The number of carbonyl (C=O) groups is 1. The maximum atomic E-state index is 14.3. The van der Waals surface area contributed by atoms with E-state index in [2.05, 4.69) is 38.5 Å². The molecule has 228 valence electrons. The van der Waals surface area contributed by atoms with E-state index in [1.54, 1.807) is 24.5 Å². The van der Waals surface area contributed by atoms with Gasteiger partial charge in [-0.15, -0.1) is 0 Å². The molecule has 0 saturated carbocycles. The summed E-state index contributed by atoms with van der Waals surface area (Å²) in [4.78, 5) is 32.8. The monoisotopic (exact) mass is 806 g/mol. The Kier molecular flexibility index (Phi) is 10.3. The average Bonchev–Trinajstić information content (AvgIpc) is 3.26. The maximum absolute atomic E-state index is 14.3. The fourth-order valence-corrected chi connectivity index (χ4v) is 7.87. The highest BCUT2D eigenvalue weighted by molar-refractivity contribution is 14.1. The summed E-state index contributed by atoms with van der Waals surface area (Å²) >= 11 is 13.2. The minimum Gasteiger partial charge on any atom is -0.491 e. The molecule has 0 spiro atoms. The summed E-state index contributed by atoms with van der Waals surface area (Å²) in [6.45, 7) is 7.87. The number of ether oxygens (including phenoxy) is 3. The molecule has 0 unspecified atom stereocenters. The molecule has 44 heavy (non-hydrogen) atoms. The summed E-state index contributed by atoms with van der Waals surface area (Å²) in [5, 5.41) is 0.630. The van der Waals surface area contributed by atoms with Crippen molar-refractivity contribution in [2.75, 3.05) is 6.61 Å². The van der Waals surface area contributed by atoms with Gasteiger partial charge in [0.25, 0.3) is 5.56 Å². The van der Waals surface area contributed by atoms with Crippen molar-refractivity contribution >= 4 is 73.5 Å². The quantitative estimate of drug-likeness (QED) is 0.132. The molecule has 0 bridgehead atoms. The van der Waals surface area contributed by atoms with Crippen LogP contribution in [0, 0.1) is 3.57 Å².